The Morgan fingerprint density at radius 1 is 0.957 bits per heavy atom. The normalized spacial score (nSPS) is 20.3. The van der Waals surface area contributed by atoms with E-state index in [-0.39, 0.29) is 5.91 Å². The number of nitrogens with zero attached hydrogens (tertiary/aromatic N) is 3. The van der Waals surface area contributed by atoms with Crippen LogP contribution in [-0.2, 0) is 4.79 Å². The third-order valence-electron chi connectivity index (χ3n) is 5.18. The number of rotatable bonds is 2. The molecular weight excluding hydrogens is 286 g/mol. The van der Waals surface area contributed by atoms with Gasteiger partial charge in [0.1, 0.15) is 5.82 Å². The fraction of sp³-hybridized carbons (Fsp3) is 0.474. The van der Waals surface area contributed by atoms with Gasteiger partial charge < -0.3 is 9.80 Å². The summed E-state index contributed by atoms with van der Waals surface area (Å²) < 4.78 is 0. The van der Waals surface area contributed by atoms with E-state index in [0.29, 0.717) is 12.6 Å². The fourth-order valence-corrected chi connectivity index (χ4v) is 3.89. The number of carbonyl (C=O) groups is 1. The molecule has 2 aromatic rings. The summed E-state index contributed by atoms with van der Waals surface area (Å²) in [5.74, 6) is 1.18. The minimum Gasteiger partial charge on any atom is -0.346 e. The first-order valence-corrected chi connectivity index (χ1v) is 8.71. The predicted molar refractivity (Wildman–Crippen MR) is 92.5 cm³/mol. The Kier molecular flexibility index (Phi) is 3.90. The average Bonchev–Trinajstić information content (AvgIpc) is 2.62. The number of amides is 1. The molecule has 23 heavy (non-hydrogen) atoms. The van der Waals surface area contributed by atoms with E-state index in [1.165, 1.54) is 32.1 Å². The van der Waals surface area contributed by atoms with E-state index in [1.54, 1.807) is 0 Å². The molecule has 1 saturated heterocycles. The standard InChI is InChI=1S/C19H23N3O/c23-19-14-21(12-13-22(19)16-7-2-1-3-8-16)18-11-10-15-6-4-5-9-17(15)20-18/h4-6,9-11,16H,1-3,7-8,12-14H2. The Morgan fingerprint density at radius 2 is 1.78 bits per heavy atom. The number of fused-ring (bicyclic) bond motifs is 1. The fourth-order valence-electron chi connectivity index (χ4n) is 3.89. The second-order valence-corrected chi connectivity index (χ2v) is 6.66. The van der Waals surface area contributed by atoms with E-state index in [9.17, 15) is 4.79 Å². The van der Waals surface area contributed by atoms with Crippen molar-refractivity contribution in [2.75, 3.05) is 24.5 Å². The Balaban J connectivity index is 1.49. The van der Waals surface area contributed by atoms with E-state index >= 15 is 0 Å². The number of carbonyl (C=O) groups excluding carboxylic acids is 1. The molecule has 0 bridgehead atoms. The van der Waals surface area contributed by atoms with Crippen LogP contribution in [0.5, 0.6) is 0 Å². The van der Waals surface area contributed by atoms with Crippen LogP contribution in [0, 0.1) is 0 Å². The number of piperazine rings is 1. The van der Waals surface area contributed by atoms with Gasteiger partial charge in [-0.15, -0.1) is 0 Å². The lowest BCUT2D eigenvalue weighted by molar-refractivity contribution is -0.134. The highest BCUT2D eigenvalue weighted by Crippen LogP contribution is 2.25. The van der Waals surface area contributed by atoms with Crippen LogP contribution in [0.3, 0.4) is 0 Å². The quantitative estimate of drug-likeness (QED) is 0.854. The molecule has 1 aromatic carbocycles. The molecule has 0 atom stereocenters. The molecule has 0 unspecified atom stereocenters. The number of benzene rings is 1. The third-order valence-corrected chi connectivity index (χ3v) is 5.18. The van der Waals surface area contributed by atoms with Crippen LogP contribution in [0.15, 0.2) is 36.4 Å². The molecular formula is C19H23N3O. The highest BCUT2D eigenvalue weighted by molar-refractivity contribution is 5.84. The molecule has 2 aliphatic rings. The van der Waals surface area contributed by atoms with Crippen LogP contribution in [0.25, 0.3) is 10.9 Å². The number of anilines is 1. The van der Waals surface area contributed by atoms with Crippen molar-refractivity contribution in [3.63, 3.8) is 0 Å². The second-order valence-electron chi connectivity index (χ2n) is 6.66. The maximum absolute atomic E-state index is 12.6. The number of pyridine rings is 1. The van der Waals surface area contributed by atoms with Crippen molar-refractivity contribution in [2.24, 2.45) is 0 Å². The summed E-state index contributed by atoms with van der Waals surface area (Å²) in [5, 5.41) is 1.14. The van der Waals surface area contributed by atoms with Crippen molar-refractivity contribution < 1.29 is 4.79 Å². The van der Waals surface area contributed by atoms with Gasteiger partial charge in [-0.05, 0) is 31.0 Å². The first kappa shape index (κ1) is 14.5. The smallest absolute Gasteiger partial charge is 0.242 e. The summed E-state index contributed by atoms with van der Waals surface area (Å²) in [6.07, 6.45) is 6.22. The van der Waals surface area contributed by atoms with Gasteiger partial charge in [-0.2, -0.15) is 0 Å². The SMILES string of the molecule is O=C1CN(c2ccc3ccccc3n2)CCN1C1CCCCC1. The van der Waals surface area contributed by atoms with Crippen molar-refractivity contribution in [3.8, 4) is 0 Å². The van der Waals surface area contributed by atoms with Crippen molar-refractivity contribution in [1.82, 2.24) is 9.88 Å². The molecule has 1 saturated carbocycles. The Morgan fingerprint density at radius 3 is 2.61 bits per heavy atom. The van der Waals surface area contributed by atoms with Gasteiger partial charge in [0.15, 0.2) is 0 Å². The van der Waals surface area contributed by atoms with Crippen molar-refractivity contribution in [2.45, 2.75) is 38.1 Å². The van der Waals surface area contributed by atoms with E-state index in [1.807, 2.05) is 24.3 Å². The predicted octanol–water partition coefficient (Wildman–Crippen LogP) is 3.22. The molecule has 1 aromatic heterocycles. The van der Waals surface area contributed by atoms with Crippen molar-refractivity contribution in [1.29, 1.82) is 0 Å². The monoisotopic (exact) mass is 309 g/mol. The van der Waals surface area contributed by atoms with Crippen LogP contribution in [0.2, 0.25) is 0 Å². The van der Waals surface area contributed by atoms with E-state index in [4.69, 9.17) is 4.98 Å². The summed E-state index contributed by atoms with van der Waals surface area (Å²) in [6, 6.07) is 12.7. The first-order chi connectivity index (χ1) is 11.3. The molecule has 1 aliphatic carbocycles. The molecule has 0 spiro atoms. The van der Waals surface area contributed by atoms with Gasteiger partial charge in [0.25, 0.3) is 0 Å². The lowest BCUT2D eigenvalue weighted by Crippen LogP contribution is -2.54. The number of aromatic nitrogens is 1. The largest absolute Gasteiger partial charge is 0.346 e. The van der Waals surface area contributed by atoms with Gasteiger partial charge in [-0.1, -0.05) is 37.5 Å². The van der Waals surface area contributed by atoms with E-state index in [0.717, 1.165) is 29.8 Å². The first-order valence-electron chi connectivity index (χ1n) is 8.71. The molecule has 120 valence electrons. The van der Waals surface area contributed by atoms with Crippen LogP contribution in [-0.4, -0.2) is 41.5 Å². The summed E-state index contributed by atoms with van der Waals surface area (Å²) >= 11 is 0. The molecule has 4 rings (SSSR count). The maximum Gasteiger partial charge on any atom is 0.242 e. The van der Waals surface area contributed by atoms with Gasteiger partial charge in [0, 0.05) is 24.5 Å². The number of hydrogen-bond donors (Lipinski definition) is 0. The average molecular weight is 309 g/mol. The second kappa shape index (κ2) is 6.19. The zero-order chi connectivity index (χ0) is 15.6. The molecule has 0 radical (unpaired) electrons. The molecule has 1 amide bonds. The Bertz CT molecular complexity index is 709. The van der Waals surface area contributed by atoms with E-state index in [2.05, 4.69) is 21.9 Å². The minimum absolute atomic E-state index is 0.262. The zero-order valence-electron chi connectivity index (χ0n) is 13.4. The molecule has 0 N–H and O–H groups in total. The summed E-state index contributed by atoms with van der Waals surface area (Å²) in [4.78, 5) is 21.6. The molecule has 4 nitrogen and oxygen atoms in total. The number of para-hydroxylation sites is 1. The molecule has 1 aliphatic heterocycles. The van der Waals surface area contributed by atoms with Gasteiger partial charge in [0.2, 0.25) is 5.91 Å². The zero-order valence-corrected chi connectivity index (χ0v) is 13.4. The highest BCUT2D eigenvalue weighted by Gasteiger charge is 2.30. The van der Waals surface area contributed by atoms with Crippen LogP contribution in [0.4, 0.5) is 5.82 Å². The van der Waals surface area contributed by atoms with Crippen molar-refractivity contribution >= 4 is 22.6 Å². The topological polar surface area (TPSA) is 36.4 Å². The maximum atomic E-state index is 12.6. The Hall–Kier alpha value is -2.10. The van der Waals surface area contributed by atoms with Gasteiger partial charge in [0.05, 0.1) is 12.1 Å². The summed E-state index contributed by atoms with van der Waals surface area (Å²) in [6.45, 7) is 2.17. The lowest BCUT2D eigenvalue weighted by atomic mass is 9.93. The van der Waals surface area contributed by atoms with E-state index < -0.39 is 0 Å². The highest BCUT2D eigenvalue weighted by atomic mass is 16.2. The summed E-state index contributed by atoms with van der Waals surface area (Å²) in [5.41, 5.74) is 0.993. The lowest BCUT2D eigenvalue weighted by Gasteiger charge is -2.41. The van der Waals surface area contributed by atoms with Crippen LogP contribution >= 0.6 is 0 Å². The van der Waals surface area contributed by atoms with Gasteiger partial charge in [-0.25, -0.2) is 4.98 Å². The van der Waals surface area contributed by atoms with Gasteiger partial charge >= 0.3 is 0 Å². The van der Waals surface area contributed by atoms with Crippen LogP contribution < -0.4 is 4.90 Å². The van der Waals surface area contributed by atoms with Crippen LogP contribution in [0.1, 0.15) is 32.1 Å². The molecule has 4 heteroatoms. The van der Waals surface area contributed by atoms with Crippen molar-refractivity contribution in [3.05, 3.63) is 36.4 Å². The third kappa shape index (κ3) is 2.90. The summed E-state index contributed by atoms with van der Waals surface area (Å²) in [7, 11) is 0. The number of hydrogen-bond acceptors (Lipinski definition) is 3. The Labute approximate surface area is 137 Å². The minimum atomic E-state index is 0.262. The molecule has 2 heterocycles. The molecule has 2 fully saturated rings. The van der Waals surface area contributed by atoms with Gasteiger partial charge in [-0.3, -0.25) is 4.79 Å².